The molecule has 3 aromatic rings. The van der Waals surface area contributed by atoms with Crippen LogP contribution in [0.5, 0.6) is 0 Å². The van der Waals surface area contributed by atoms with Gasteiger partial charge >= 0.3 is 0 Å². The molecule has 7 nitrogen and oxygen atoms in total. The summed E-state index contributed by atoms with van der Waals surface area (Å²) in [5.41, 5.74) is 1.64. The Kier molecular flexibility index (Phi) is 10.9. The number of nitrogens with zero attached hydrogens (tertiary/aromatic N) is 2. The molecule has 0 unspecified atom stereocenters. The Labute approximate surface area is 251 Å². The van der Waals surface area contributed by atoms with Crippen molar-refractivity contribution in [3.63, 3.8) is 0 Å². The molecule has 2 amide bonds. The van der Waals surface area contributed by atoms with Crippen LogP contribution in [0.2, 0.25) is 15.1 Å². The van der Waals surface area contributed by atoms with Crippen molar-refractivity contribution in [2.45, 2.75) is 45.2 Å². The fraction of sp³-hybridized carbons (Fsp3) is 0.310. The number of amides is 2. The van der Waals surface area contributed by atoms with Gasteiger partial charge in [0.15, 0.2) is 0 Å². The van der Waals surface area contributed by atoms with Crippen molar-refractivity contribution in [2.75, 3.05) is 17.4 Å². The summed E-state index contributed by atoms with van der Waals surface area (Å²) in [6, 6.07) is 16.8. The van der Waals surface area contributed by atoms with Crippen molar-refractivity contribution in [2.24, 2.45) is 5.92 Å². The molecular weight excluding hydrogens is 593 g/mol. The molecule has 0 spiro atoms. The van der Waals surface area contributed by atoms with E-state index in [4.69, 9.17) is 34.8 Å². The van der Waals surface area contributed by atoms with E-state index in [1.54, 1.807) is 49.4 Å². The van der Waals surface area contributed by atoms with Crippen LogP contribution < -0.4 is 9.62 Å². The van der Waals surface area contributed by atoms with Gasteiger partial charge in [-0.05, 0) is 61.7 Å². The summed E-state index contributed by atoms with van der Waals surface area (Å²) in [6.07, 6.45) is 0. The van der Waals surface area contributed by atoms with E-state index in [1.807, 2.05) is 20.8 Å². The molecule has 0 bridgehead atoms. The molecule has 214 valence electrons. The molecule has 1 N–H and O–H groups in total. The molecule has 11 heteroatoms. The van der Waals surface area contributed by atoms with Gasteiger partial charge in [-0.2, -0.15) is 0 Å². The van der Waals surface area contributed by atoms with E-state index >= 15 is 0 Å². The maximum atomic E-state index is 13.9. The number of sulfonamides is 1. The van der Waals surface area contributed by atoms with Gasteiger partial charge in [-0.3, -0.25) is 13.9 Å². The highest BCUT2D eigenvalue weighted by Gasteiger charge is 2.33. The van der Waals surface area contributed by atoms with Crippen LogP contribution in [0.3, 0.4) is 0 Å². The van der Waals surface area contributed by atoms with Crippen LogP contribution in [0.4, 0.5) is 5.69 Å². The topological polar surface area (TPSA) is 86.8 Å². The first kappa shape index (κ1) is 31.7. The van der Waals surface area contributed by atoms with Crippen LogP contribution in [-0.4, -0.2) is 44.3 Å². The van der Waals surface area contributed by atoms with E-state index in [0.29, 0.717) is 11.6 Å². The number of anilines is 1. The van der Waals surface area contributed by atoms with E-state index in [-0.39, 0.29) is 39.0 Å². The van der Waals surface area contributed by atoms with Crippen LogP contribution in [-0.2, 0) is 26.2 Å². The number of aryl methyl sites for hydroxylation is 1. The summed E-state index contributed by atoms with van der Waals surface area (Å²) >= 11 is 18.7. The molecule has 40 heavy (non-hydrogen) atoms. The Balaban J connectivity index is 2.05. The van der Waals surface area contributed by atoms with Crippen LogP contribution >= 0.6 is 34.8 Å². The van der Waals surface area contributed by atoms with E-state index in [1.165, 1.54) is 29.2 Å². The lowest BCUT2D eigenvalue weighted by Crippen LogP contribution is -2.51. The number of halogens is 3. The highest BCUT2D eigenvalue weighted by Crippen LogP contribution is 2.35. The Morgan fingerprint density at radius 3 is 2.12 bits per heavy atom. The second-order valence-electron chi connectivity index (χ2n) is 9.86. The van der Waals surface area contributed by atoms with Crippen LogP contribution in [0.25, 0.3) is 0 Å². The van der Waals surface area contributed by atoms with Gasteiger partial charge < -0.3 is 10.2 Å². The fourth-order valence-electron chi connectivity index (χ4n) is 3.86. The number of carbonyl (C=O) groups is 2. The van der Waals surface area contributed by atoms with Crippen molar-refractivity contribution in [3.8, 4) is 0 Å². The lowest BCUT2D eigenvalue weighted by molar-refractivity contribution is -0.139. The molecule has 0 aliphatic carbocycles. The van der Waals surface area contributed by atoms with E-state index < -0.39 is 28.5 Å². The van der Waals surface area contributed by atoms with Gasteiger partial charge in [-0.15, -0.1) is 0 Å². The largest absolute Gasteiger partial charge is 0.354 e. The molecule has 0 radical (unpaired) electrons. The average Bonchev–Trinajstić information content (AvgIpc) is 2.91. The van der Waals surface area contributed by atoms with Gasteiger partial charge in [0.25, 0.3) is 10.0 Å². The summed E-state index contributed by atoms with van der Waals surface area (Å²) in [6.45, 7) is 7.23. The normalized spacial score (nSPS) is 12.2. The molecule has 0 aliphatic heterocycles. The second-order valence-corrected chi connectivity index (χ2v) is 12.9. The minimum absolute atomic E-state index is 0.0142. The Morgan fingerprint density at radius 2 is 1.52 bits per heavy atom. The third-order valence-corrected chi connectivity index (χ3v) is 9.04. The molecule has 1 atom stereocenters. The number of rotatable bonds is 11. The number of carbonyl (C=O) groups excluding carboxylic acids is 2. The van der Waals surface area contributed by atoms with Gasteiger partial charge in [0, 0.05) is 18.1 Å². The van der Waals surface area contributed by atoms with E-state index in [0.717, 1.165) is 15.4 Å². The zero-order valence-corrected chi connectivity index (χ0v) is 25.8. The molecule has 0 saturated heterocycles. The Hall–Kier alpha value is -2.78. The Morgan fingerprint density at radius 1 is 0.900 bits per heavy atom. The van der Waals surface area contributed by atoms with Crippen molar-refractivity contribution in [3.05, 3.63) is 92.9 Å². The molecule has 3 aromatic carbocycles. The number of nitrogens with one attached hydrogen (secondary N) is 1. The van der Waals surface area contributed by atoms with Crippen molar-refractivity contribution in [1.82, 2.24) is 10.2 Å². The highest BCUT2D eigenvalue weighted by atomic mass is 35.5. The summed E-state index contributed by atoms with van der Waals surface area (Å²) in [4.78, 5) is 28.3. The third-order valence-electron chi connectivity index (χ3n) is 6.21. The average molecular weight is 625 g/mol. The van der Waals surface area contributed by atoms with Gasteiger partial charge in [0.1, 0.15) is 12.6 Å². The standard InChI is InChI=1S/C29H32Cl3N3O4S/c1-19(2)16-33-29(37)21(4)34(17-22-10-12-23(30)13-11-22)27(36)18-35(26-7-5-6-25(31)28(26)32)40(38,39)24-14-8-20(3)9-15-24/h5-15,19,21H,16-18H2,1-4H3,(H,33,37)/t21-/m1/s1. The summed E-state index contributed by atoms with van der Waals surface area (Å²) in [5.74, 6) is -0.754. The zero-order chi connectivity index (χ0) is 29.6. The minimum Gasteiger partial charge on any atom is -0.354 e. The quantitative estimate of drug-likeness (QED) is 0.270. The molecule has 3 rings (SSSR count). The van der Waals surface area contributed by atoms with E-state index in [9.17, 15) is 18.0 Å². The third kappa shape index (κ3) is 7.91. The van der Waals surface area contributed by atoms with E-state index in [2.05, 4.69) is 5.32 Å². The highest BCUT2D eigenvalue weighted by molar-refractivity contribution is 7.92. The monoisotopic (exact) mass is 623 g/mol. The molecule has 0 heterocycles. The summed E-state index contributed by atoms with van der Waals surface area (Å²) < 4.78 is 28.7. The van der Waals surface area contributed by atoms with Gasteiger partial charge in [-0.1, -0.05) is 84.5 Å². The number of hydrogen-bond acceptors (Lipinski definition) is 4. The first-order valence-corrected chi connectivity index (χ1v) is 15.2. The molecule has 0 aliphatic rings. The minimum atomic E-state index is -4.26. The molecule has 0 saturated carbocycles. The molecule has 0 fully saturated rings. The van der Waals surface area contributed by atoms with Crippen LogP contribution in [0.15, 0.2) is 71.6 Å². The zero-order valence-electron chi connectivity index (χ0n) is 22.7. The first-order valence-electron chi connectivity index (χ1n) is 12.7. The lowest BCUT2D eigenvalue weighted by Gasteiger charge is -2.32. The van der Waals surface area contributed by atoms with Crippen molar-refractivity contribution in [1.29, 1.82) is 0 Å². The smallest absolute Gasteiger partial charge is 0.264 e. The van der Waals surface area contributed by atoms with Crippen molar-refractivity contribution >= 4 is 62.3 Å². The maximum absolute atomic E-state index is 13.9. The fourth-order valence-corrected chi connectivity index (χ4v) is 5.86. The summed E-state index contributed by atoms with van der Waals surface area (Å²) in [7, 11) is -4.26. The molecular formula is C29H32Cl3N3O4S. The summed E-state index contributed by atoms with van der Waals surface area (Å²) in [5, 5.41) is 3.49. The lowest BCUT2D eigenvalue weighted by atomic mass is 10.1. The number of hydrogen-bond donors (Lipinski definition) is 1. The second kappa shape index (κ2) is 13.7. The van der Waals surface area contributed by atoms with Crippen molar-refractivity contribution < 1.29 is 18.0 Å². The van der Waals surface area contributed by atoms with Gasteiger partial charge in [0.05, 0.1) is 20.6 Å². The van der Waals surface area contributed by atoms with Crippen LogP contribution in [0, 0.1) is 12.8 Å². The predicted octanol–water partition coefficient (Wildman–Crippen LogP) is 6.34. The predicted molar refractivity (Wildman–Crippen MR) is 161 cm³/mol. The molecule has 0 aromatic heterocycles. The first-order chi connectivity index (χ1) is 18.8. The van der Waals surface area contributed by atoms with Gasteiger partial charge in [-0.25, -0.2) is 8.42 Å². The Bertz CT molecular complexity index is 1450. The van der Waals surface area contributed by atoms with Gasteiger partial charge in [0.2, 0.25) is 11.8 Å². The van der Waals surface area contributed by atoms with Crippen LogP contribution in [0.1, 0.15) is 31.9 Å². The SMILES string of the molecule is Cc1ccc(S(=O)(=O)N(CC(=O)N(Cc2ccc(Cl)cc2)[C@H](C)C(=O)NCC(C)C)c2cccc(Cl)c2Cl)cc1. The number of benzene rings is 3. The maximum Gasteiger partial charge on any atom is 0.264 e.